The molecule has 0 saturated heterocycles. The quantitative estimate of drug-likeness (QED) is 0.784. The van der Waals surface area contributed by atoms with Crippen LogP contribution in [-0.2, 0) is 4.79 Å². The van der Waals surface area contributed by atoms with Crippen molar-refractivity contribution in [3.8, 4) is 0 Å². The van der Waals surface area contributed by atoms with Crippen LogP contribution in [-0.4, -0.2) is 21.6 Å². The van der Waals surface area contributed by atoms with E-state index in [0.29, 0.717) is 0 Å². The van der Waals surface area contributed by atoms with Gasteiger partial charge in [-0.3, -0.25) is 4.79 Å². The summed E-state index contributed by atoms with van der Waals surface area (Å²) in [5.41, 5.74) is 0. The summed E-state index contributed by atoms with van der Waals surface area (Å²) >= 11 is 1.59. The SMILES string of the molecule is CC(C)(SCC1CCCCC1)C(=O)O. The Morgan fingerprint density at radius 3 is 2.43 bits per heavy atom. The van der Waals surface area contributed by atoms with E-state index in [-0.39, 0.29) is 0 Å². The molecule has 1 fully saturated rings. The lowest BCUT2D eigenvalue weighted by molar-refractivity contribution is -0.138. The largest absolute Gasteiger partial charge is 0.480 e. The van der Waals surface area contributed by atoms with E-state index in [1.54, 1.807) is 25.6 Å². The molecule has 2 nitrogen and oxygen atoms in total. The minimum atomic E-state index is -0.696. The van der Waals surface area contributed by atoms with Gasteiger partial charge < -0.3 is 5.11 Å². The molecule has 1 saturated carbocycles. The molecule has 0 spiro atoms. The summed E-state index contributed by atoms with van der Waals surface area (Å²) in [4.78, 5) is 10.9. The van der Waals surface area contributed by atoms with Crippen LogP contribution in [0, 0.1) is 5.92 Å². The molecule has 0 heterocycles. The van der Waals surface area contributed by atoms with E-state index in [0.717, 1.165) is 11.7 Å². The third-order valence-corrected chi connectivity index (χ3v) is 4.45. The van der Waals surface area contributed by atoms with Gasteiger partial charge in [-0.15, -0.1) is 11.8 Å². The van der Waals surface area contributed by atoms with Gasteiger partial charge in [-0.2, -0.15) is 0 Å². The van der Waals surface area contributed by atoms with Crippen molar-refractivity contribution in [2.45, 2.75) is 50.7 Å². The molecule has 0 unspecified atom stereocenters. The van der Waals surface area contributed by atoms with Crippen LogP contribution in [0.3, 0.4) is 0 Å². The molecule has 14 heavy (non-hydrogen) atoms. The van der Waals surface area contributed by atoms with Crippen LogP contribution in [0.5, 0.6) is 0 Å². The zero-order valence-electron chi connectivity index (χ0n) is 9.08. The molecule has 1 aliphatic carbocycles. The zero-order valence-corrected chi connectivity index (χ0v) is 9.90. The van der Waals surface area contributed by atoms with Gasteiger partial charge in [0.25, 0.3) is 0 Å². The Balaban J connectivity index is 2.28. The van der Waals surface area contributed by atoms with Crippen LogP contribution in [0.15, 0.2) is 0 Å². The molecule has 0 amide bonds. The minimum absolute atomic E-state index is 0.614. The van der Waals surface area contributed by atoms with E-state index in [1.807, 2.05) is 0 Å². The Morgan fingerprint density at radius 1 is 1.36 bits per heavy atom. The zero-order chi connectivity index (χ0) is 10.6. The number of hydrogen-bond acceptors (Lipinski definition) is 2. The number of carboxylic acid groups (broad SMARTS) is 1. The standard InChI is InChI=1S/C11H20O2S/c1-11(2,10(12)13)14-8-9-6-4-3-5-7-9/h9H,3-8H2,1-2H3,(H,12,13). The molecular formula is C11H20O2S. The predicted octanol–water partition coefficient (Wildman–Crippen LogP) is 3.16. The first kappa shape index (κ1) is 11.9. The van der Waals surface area contributed by atoms with E-state index in [4.69, 9.17) is 5.11 Å². The number of thioether (sulfide) groups is 1. The maximum absolute atomic E-state index is 10.9. The third kappa shape index (κ3) is 3.52. The van der Waals surface area contributed by atoms with Crippen molar-refractivity contribution in [3.05, 3.63) is 0 Å². The number of carbonyl (C=O) groups is 1. The van der Waals surface area contributed by atoms with Crippen molar-refractivity contribution in [1.29, 1.82) is 0 Å². The highest BCUT2D eigenvalue weighted by molar-refractivity contribution is 8.01. The van der Waals surface area contributed by atoms with Gasteiger partial charge in [0.05, 0.1) is 0 Å². The van der Waals surface area contributed by atoms with E-state index in [9.17, 15) is 4.79 Å². The highest BCUT2D eigenvalue weighted by Crippen LogP contribution is 2.32. The van der Waals surface area contributed by atoms with Gasteiger partial charge in [0.15, 0.2) is 0 Å². The first-order valence-corrected chi connectivity index (χ1v) is 6.38. The Hall–Kier alpha value is -0.180. The number of rotatable bonds is 4. The van der Waals surface area contributed by atoms with Gasteiger partial charge in [0.2, 0.25) is 0 Å². The van der Waals surface area contributed by atoms with Crippen molar-refractivity contribution in [3.63, 3.8) is 0 Å². The van der Waals surface area contributed by atoms with Gasteiger partial charge in [-0.05, 0) is 38.4 Å². The van der Waals surface area contributed by atoms with E-state index in [1.165, 1.54) is 32.1 Å². The first-order chi connectivity index (χ1) is 6.52. The fourth-order valence-corrected chi connectivity index (χ4v) is 2.85. The molecule has 0 aromatic heterocycles. The minimum Gasteiger partial charge on any atom is -0.480 e. The lowest BCUT2D eigenvalue weighted by Crippen LogP contribution is -2.28. The average molecular weight is 216 g/mol. The maximum atomic E-state index is 10.9. The van der Waals surface area contributed by atoms with Gasteiger partial charge in [-0.25, -0.2) is 0 Å². The highest BCUT2D eigenvalue weighted by Gasteiger charge is 2.28. The van der Waals surface area contributed by atoms with Gasteiger partial charge in [-0.1, -0.05) is 19.3 Å². The molecule has 1 aliphatic rings. The maximum Gasteiger partial charge on any atom is 0.319 e. The van der Waals surface area contributed by atoms with Crippen LogP contribution in [0.4, 0.5) is 0 Å². The normalized spacial score (nSPS) is 19.6. The Kier molecular flexibility index (Phi) is 4.30. The Morgan fingerprint density at radius 2 is 1.93 bits per heavy atom. The summed E-state index contributed by atoms with van der Waals surface area (Å²) in [7, 11) is 0. The molecule has 0 aromatic rings. The Bertz CT molecular complexity index is 195. The van der Waals surface area contributed by atoms with Crippen LogP contribution < -0.4 is 0 Å². The van der Waals surface area contributed by atoms with Gasteiger partial charge >= 0.3 is 5.97 Å². The van der Waals surface area contributed by atoms with E-state index >= 15 is 0 Å². The molecule has 1 N–H and O–H groups in total. The highest BCUT2D eigenvalue weighted by atomic mass is 32.2. The first-order valence-electron chi connectivity index (χ1n) is 5.40. The van der Waals surface area contributed by atoms with Crippen molar-refractivity contribution in [2.75, 3.05) is 5.75 Å². The van der Waals surface area contributed by atoms with Crippen LogP contribution in [0.25, 0.3) is 0 Å². The van der Waals surface area contributed by atoms with Crippen molar-refractivity contribution in [2.24, 2.45) is 5.92 Å². The fraction of sp³-hybridized carbons (Fsp3) is 0.909. The summed E-state index contributed by atoms with van der Waals surface area (Å²) in [6, 6.07) is 0. The molecule has 0 radical (unpaired) electrons. The molecular weight excluding hydrogens is 196 g/mol. The summed E-state index contributed by atoms with van der Waals surface area (Å²) in [5, 5.41) is 8.95. The van der Waals surface area contributed by atoms with Crippen LogP contribution in [0.1, 0.15) is 46.0 Å². The van der Waals surface area contributed by atoms with Crippen LogP contribution >= 0.6 is 11.8 Å². The molecule has 0 aliphatic heterocycles. The molecule has 0 aromatic carbocycles. The summed E-state index contributed by atoms with van der Waals surface area (Å²) in [6.45, 7) is 3.59. The summed E-state index contributed by atoms with van der Waals surface area (Å²) < 4.78 is -0.614. The smallest absolute Gasteiger partial charge is 0.319 e. The average Bonchev–Trinajstić information content (AvgIpc) is 2.16. The van der Waals surface area contributed by atoms with E-state index in [2.05, 4.69) is 0 Å². The number of hydrogen-bond donors (Lipinski definition) is 1. The van der Waals surface area contributed by atoms with Gasteiger partial charge in [0, 0.05) is 0 Å². The fourth-order valence-electron chi connectivity index (χ4n) is 1.74. The van der Waals surface area contributed by atoms with Crippen molar-refractivity contribution < 1.29 is 9.90 Å². The Labute approximate surface area is 90.5 Å². The monoisotopic (exact) mass is 216 g/mol. The lowest BCUT2D eigenvalue weighted by atomic mass is 9.91. The molecule has 1 rings (SSSR count). The number of aliphatic carboxylic acids is 1. The lowest BCUT2D eigenvalue weighted by Gasteiger charge is -2.25. The van der Waals surface area contributed by atoms with Crippen molar-refractivity contribution in [1.82, 2.24) is 0 Å². The molecule has 0 bridgehead atoms. The van der Waals surface area contributed by atoms with E-state index < -0.39 is 10.7 Å². The van der Waals surface area contributed by atoms with Gasteiger partial charge in [0.1, 0.15) is 4.75 Å². The predicted molar refractivity (Wildman–Crippen MR) is 60.7 cm³/mol. The number of carboxylic acids is 1. The second kappa shape index (κ2) is 5.06. The summed E-state index contributed by atoms with van der Waals surface area (Å²) in [5.74, 6) is 1.07. The third-order valence-electron chi connectivity index (χ3n) is 2.92. The van der Waals surface area contributed by atoms with Crippen molar-refractivity contribution >= 4 is 17.7 Å². The summed E-state index contributed by atoms with van der Waals surface area (Å²) in [6.07, 6.45) is 6.62. The topological polar surface area (TPSA) is 37.3 Å². The molecule has 82 valence electrons. The second-order valence-corrected chi connectivity index (χ2v) is 6.27. The molecule has 3 heteroatoms. The second-order valence-electron chi connectivity index (χ2n) is 4.63. The molecule has 0 atom stereocenters. The van der Waals surface area contributed by atoms with Crippen LogP contribution in [0.2, 0.25) is 0 Å².